The van der Waals surface area contributed by atoms with Gasteiger partial charge in [0.15, 0.2) is 0 Å². The first-order valence-electron chi connectivity index (χ1n) is 5.03. The van der Waals surface area contributed by atoms with Crippen molar-refractivity contribution in [3.8, 4) is 0 Å². The summed E-state index contributed by atoms with van der Waals surface area (Å²) >= 11 is -0.0636. The van der Waals surface area contributed by atoms with E-state index in [1.807, 2.05) is 0 Å². The molecule has 0 bridgehead atoms. The molecule has 0 aromatic heterocycles. The van der Waals surface area contributed by atoms with Gasteiger partial charge in [-0.25, -0.2) is 0 Å². The van der Waals surface area contributed by atoms with Crippen LogP contribution in [-0.4, -0.2) is 50.1 Å². The summed E-state index contributed by atoms with van der Waals surface area (Å²) < 4.78 is 15.2. The molecule has 0 saturated carbocycles. The Kier molecular flexibility index (Phi) is 4.96. The Morgan fingerprint density at radius 2 is 1.47 bits per heavy atom. The van der Waals surface area contributed by atoms with Crippen molar-refractivity contribution in [3.05, 3.63) is 0 Å². The predicted octanol–water partition coefficient (Wildman–Crippen LogP) is -0.125. The summed E-state index contributed by atoms with van der Waals surface area (Å²) in [4.78, 5) is 32.8. The first-order chi connectivity index (χ1) is 7.90. The molecule has 0 N–H and O–H groups in total. The molecule has 0 amide bonds. The van der Waals surface area contributed by atoms with E-state index in [1.54, 1.807) is 0 Å². The van der Waals surface area contributed by atoms with E-state index in [2.05, 4.69) is 0 Å². The number of ether oxygens (including phenoxy) is 3. The van der Waals surface area contributed by atoms with Crippen LogP contribution in [0.3, 0.4) is 0 Å². The Balaban J connectivity index is 2.69. The zero-order valence-electron chi connectivity index (χ0n) is 9.80. The van der Waals surface area contributed by atoms with Crippen LogP contribution in [0.1, 0.15) is 20.8 Å². The zero-order chi connectivity index (χ0) is 13.0. The Hall–Kier alpha value is -1.07. The monoisotopic (exact) mass is 310 g/mol. The molecule has 1 aliphatic heterocycles. The molecular weight excluding hydrogens is 295 g/mol. The van der Waals surface area contributed by atoms with E-state index in [0.717, 1.165) is 0 Å². The van der Waals surface area contributed by atoms with E-state index >= 15 is 0 Å². The third-order valence-electron chi connectivity index (χ3n) is 1.96. The van der Waals surface area contributed by atoms with Crippen molar-refractivity contribution >= 4 is 32.9 Å². The standard InChI is InChI=1S/C10H14O6Se/c1-5(11)14-8-4-17-10(16-7(3)13)9(8)15-6(2)12/h8-10H,4H2,1-3H3/t8-,9+,10?/m0/s1. The van der Waals surface area contributed by atoms with E-state index in [1.165, 1.54) is 20.8 Å². The van der Waals surface area contributed by atoms with Crippen LogP contribution < -0.4 is 0 Å². The van der Waals surface area contributed by atoms with E-state index in [4.69, 9.17) is 14.2 Å². The Labute approximate surface area is 105 Å². The van der Waals surface area contributed by atoms with Crippen LogP contribution in [0, 0.1) is 0 Å². The van der Waals surface area contributed by atoms with Crippen molar-refractivity contribution < 1.29 is 28.6 Å². The van der Waals surface area contributed by atoms with Gasteiger partial charge in [-0.1, -0.05) is 0 Å². The van der Waals surface area contributed by atoms with Crippen molar-refractivity contribution in [1.82, 2.24) is 0 Å². The van der Waals surface area contributed by atoms with Gasteiger partial charge in [0.1, 0.15) is 0 Å². The van der Waals surface area contributed by atoms with Gasteiger partial charge in [0.2, 0.25) is 0 Å². The second-order valence-corrected chi connectivity index (χ2v) is 5.91. The molecule has 3 atom stereocenters. The number of carbonyl (C=O) groups is 3. The van der Waals surface area contributed by atoms with Gasteiger partial charge in [0.05, 0.1) is 0 Å². The molecule has 1 unspecified atom stereocenters. The summed E-state index contributed by atoms with van der Waals surface area (Å²) in [7, 11) is 0. The Morgan fingerprint density at radius 1 is 0.941 bits per heavy atom. The van der Waals surface area contributed by atoms with Gasteiger partial charge in [-0.2, -0.15) is 0 Å². The maximum atomic E-state index is 11.0. The van der Waals surface area contributed by atoms with Crippen molar-refractivity contribution in [1.29, 1.82) is 0 Å². The van der Waals surface area contributed by atoms with Crippen LogP contribution in [0.5, 0.6) is 0 Å². The number of hydrogen-bond donors (Lipinski definition) is 0. The van der Waals surface area contributed by atoms with Gasteiger partial charge in [-0.05, 0) is 0 Å². The Bertz CT molecular complexity index is 305. The molecule has 0 aromatic rings. The van der Waals surface area contributed by atoms with E-state index in [0.29, 0.717) is 5.32 Å². The van der Waals surface area contributed by atoms with Crippen molar-refractivity contribution in [2.24, 2.45) is 0 Å². The summed E-state index contributed by atoms with van der Waals surface area (Å²) in [6.45, 7) is 3.85. The fourth-order valence-corrected chi connectivity index (χ4v) is 4.10. The summed E-state index contributed by atoms with van der Waals surface area (Å²) in [5.74, 6) is -1.36. The fraction of sp³-hybridized carbons (Fsp3) is 0.700. The average molecular weight is 309 g/mol. The molecular formula is C10H14O6Se. The first-order valence-corrected chi connectivity index (χ1v) is 7.23. The van der Waals surface area contributed by atoms with Gasteiger partial charge >= 0.3 is 105 Å². The fourth-order valence-electron chi connectivity index (χ4n) is 1.46. The third kappa shape index (κ3) is 4.36. The summed E-state index contributed by atoms with van der Waals surface area (Å²) in [6, 6.07) is 0. The number of carbonyl (C=O) groups excluding carboxylic acids is 3. The van der Waals surface area contributed by atoms with E-state index in [9.17, 15) is 14.4 Å². The van der Waals surface area contributed by atoms with Crippen LogP contribution in [0.2, 0.25) is 5.32 Å². The third-order valence-corrected chi connectivity index (χ3v) is 4.51. The summed E-state index contributed by atoms with van der Waals surface area (Å²) in [5, 5.41) is 0.0934. The molecule has 0 spiro atoms. The van der Waals surface area contributed by atoms with Gasteiger partial charge in [0.25, 0.3) is 0 Å². The van der Waals surface area contributed by atoms with Crippen molar-refractivity contribution in [2.75, 3.05) is 0 Å². The average Bonchev–Trinajstić information content (AvgIpc) is 2.47. The molecule has 0 aromatic carbocycles. The predicted molar refractivity (Wildman–Crippen MR) is 57.2 cm³/mol. The zero-order valence-corrected chi connectivity index (χ0v) is 11.5. The van der Waals surface area contributed by atoms with Gasteiger partial charge in [-0.3, -0.25) is 0 Å². The normalized spacial score (nSPS) is 27.4. The Morgan fingerprint density at radius 3 is 1.94 bits per heavy atom. The minimum atomic E-state index is -0.680. The van der Waals surface area contributed by atoms with Crippen molar-refractivity contribution in [2.45, 2.75) is 43.3 Å². The molecule has 96 valence electrons. The molecule has 0 aliphatic carbocycles. The molecule has 17 heavy (non-hydrogen) atoms. The van der Waals surface area contributed by atoms with Crippen LogP contribution in [-0.2, 0) is 28.6 Å². The van der Waals surface area contributed by atoms with Crippen LogP contribution in [0.25, 0.3) is 0 Å². The van der Waals surface area contributed by atoms with Crippen LogP contribution in [0.15, 0.2) is 0 Å². The van der Waals surface area contributed by atoms with Crippen molar-refractivity contribution in [3.63, 3.8) is 0 Å². The van der Waals surface area contributed by atoms with Crippen LogP contribution in [0.4, 0.5) is 0 Å². The van der Waals surface area contributed by atoms with Crippen LogP contribution >= 0.6 is 0 Å². The minimum absolute atomic E-state index is 0.0636. The molecule has 0 radical (unpaired) electrons. The summed E-state index contributed by atoms with van der Waals surface area (Å²) in [6.07, 6.45) is -1.19. The molecule has 7 heteroatoms. The van der Waals surface area contributed by atoms with Gasteiger partial charge in [0, 0.05) is 0 Å². The maximum absolute atomic E-state index is 11.0. The van der Waals surface area contributed by atoms with E-state index < -0.39 is 35.1 Å². The molecule has 1 aliphatic rings. The number of rotatable bonds is 3. The van der Waals surface area contributed by atoms with Gasteiger partial charge < -0.3 is 0 Å². The molecule has 1 heterocycles. The van der Waals surface area contributed by atoms with E-state index in [-0.39, 0.29) is 15.0 Å². The molecule has 1 fully saturated rings. The SMILES string of the molecule is CC(=O)OC1[Se]C[C@H](OC(C)=O)[C@H]1OC(C)=O. The molecule has 1 saturated heterocycles. The molecule has 6 nitrogen and oxygen atoms in total. The summed E-state index contributed by atoms with van der Waals surface area (Å²) in [5.41, 5.74) is 0. The second kappa shape index (κ2) is 6.02. The topological polar surface area (TPSA) is 78.9 Å². The molecule has 1 rings (SSSR count). The number of hydrogen-bond acceptors (Lipinski definition) is 6. The first kappa shape index (κ1) is 14.0. The number of esters is 3. The second-order valence-electron chi connectivity index (χ2n) is 3.53. The quantitative estimate of drug-likeness (QED) is 0.411. The van der Waals surface area contributed by atoms with Gasteiger partial charge in [-0.15, -0.1) is 0 Å².